The lowest BCUT2D eigenvalue weighted by Gasteiger charge is -2.12. The van der Waals surface area contributed by atoms with Gasteiger partial charge in [-0.3, -0.25) is 4.79 Å². The van der Waals surface area contributed by atoms with E-state index in [4.69, 9.17) is 11.5 Å². The lowest BCUT2D eigenvalue weighted by Crippen LogP contribution is -2.20. The number of nitrogen functional groups attached to an aromatic ring is 1. The van der Waals surface area contributed by atoms with Gasteiger partial charge < -0.3 is 27.1 Å². The number of nitrogens with one attached hydrogen (secondary N) is 3. The first-order valence-corrected chi connectivity index (χ1v) is 8.38. The van der Waals surface area contributed by atoms with E-state index in [1.54, 1.807) is 12.1 Å². The molecule has 3 aromatic rings. The van der Waals surface area contributed by atoms with Crippen LogP contribution in [-0.4, -0.2) is 16.9 Å². The summed E-state index contributed by atoms with van der Waals surface area (Å²) < 4.78 is 52.0. The quantitative estimate of drug-likeness (QED) is 0.368. The van der Waals surface area contributed by atoms with E-state index in [2.05, 4.69) is 10.3 Å². The fourth-order valence-electron chi connectivity index (χ4n) is 2.75. The van der Waals surface area contributed by atoms with Crippen LogP contribution < -0.4 is 22.1 Å². The van der Waals surface area contributed by atoms with Crippen LogP contribution in [0.5, 0.6) is 0 Å². The Morgan fingerprint density at radius 2 is 1.65 bits per heavy atom. The summed E-state index contributed by atoms with van der Waals surface area (Å²) in [6.45, 7) is 0. The van der Waals surface area contributed by atoms with Crippen molar-refractivity contribution in [2.75, 3.05) is 16.4 Å². The summed E-state index contributed by atoms with van der Waals surface area (Å²) >= 11 is 0. The highest BCUT2D eigenvalue weighted by Gasteiger charge is 2.31. The van der Waals surface area contributed by atoms with Crippen LogP contribution in [0.2, 0.25) is 0 Å². The number of carbonyl (C=O) groups excluding carboxylic acids is 2. The van der Waals surface area contributed by atoms with Crippen molar-refractivity contribution < 1.29 is 27.2 Å². The molecule has 7 nitrogen and oxygen atoms in total. The van der Waals surface area contributed by atoms with Gasteiger partial charge in [-0.1, -0.05) is 12.1 Å². The number of urea groups is 1. The molecule has 31 heavy (non-hydrogen) atoms. The van der Waals surface area contributed by atoms with E-state index >= 15 is 0 Å². The second kappa shape index (κ2) is 8.96. The summed E-state index contributed by atoms with van der Waals surface area (Å²) in [7, 11) is 0. The minimum absolute atomic E-state index is 0. The van der Waals surface area contributed by atoms with Gasteiger partial charge in [0.25, 0.3) is 5.91 Å². The number of primary amides is 1. The lowest BCUT2D eigenvalue weighted by atomic mass is 10.0. The number of amides is 3. The second-order valence-electron chi connectivity index (χ2n) is 6.20. The van der Waals surface area contributed by atoms with Crippen LogP contribution in [0.1, 0.15) is 15.9 Å². The summed E-state index contributed by atoms with van der Waals surface area (Å²) in [4.78, 5) is 26.3. The van der Waals surface area contributed by atoms with Crippen molar-refractivity contribution >= 4 is 41.5 Å². The third-order valence-corrected chi connectivity index (χ3v) is 4.15. The summed E-state index contributed by atoms with van der Waals surface area (Å²) in [5, 5.41) is 4.41. The summed E-state index contributed by atoms with van der Waals surface area (Å²) in [5.41, 5.74) is 10.7. The van der Waals surface area contributed by atoms with Crippen molar-refractivity contribution in [3.8, 4) is 11.1 Å². The molecule has 0 bridgehead atoms. The number of rotatable bonds is 4. The highest BCUT2D eigenvalue weighted by atomic mass is 35.5. The van der Waals surface area contributed by atoms with E-state index in [-0.39, 0.29) is 29.5 Å². The average molecular weight is 458 g/mol. The van der Waals surface area contributed by atoms with Crippen LogP contribution in [0.25, 0.3) is 11.1 Å². The van der Waals surface area contributed by atoms with E-state index in [0.29, 0.717) is 29.3 Å². The number of anilines is 3. The zero-order valence-corrected chi connectivity index (χ0v) is 16.3. The van der Waals surface area contributed by atoms with E-state index in [1.807, 2.05) is 5.32 Å². The molecule has 0 spiro atoms. The molecule has 0 aliphatic heterocycles. The fraction of sp³-hybridized carbons (Fsp3) is 0.0526. The first-order chi connectivity index (χ1) is 14.1. The Hall–Kier alpha value is -3.73. The van der Waals surface area contributed by atoms with E-state index < -0.39 is 35.2 Å². The number of carbonyl (C=O) groups is 2. The number of hydrogen-bond donors (Lipinski definition) is 5. The van der Waals surface area contributed by atoms with Crippen LogP contribution >= 0.6 is 12.4 Å². The van der Waals surface area contributed by atoms with Crippen molar-refractivity contribution in [1.82, 2.24) is 4.98 Å². The number of hydrogen-bond acceptors (Lipinski definition) is 3. The Morgan fingerprint density at radius 3 is 2.23 bits per heavy atom. The van der Waals surface area contributed by atoms with Gasteiger partial charge in [0.05, 0.1) is 16.8 Å². The smallest absolute Gasteiger partial charge is 0.385 e. The van der Waals surface area contributed by atoms with Crippen molar-refractivity contribution in [3.63, 3.8) is 0 Å². The van der Waals surface area contributed by atoms with Crippen LogP contribution in [0, 0.1) is 5.82 Å². The van der Waals surface area contributed by atoms with Crippen LogP contribution in [0.15, 0.2) is 48.7 Å². The monoisotopic (exact) mass is 457 g/mol. The predicted molar refractivity (Wildman–Crippen MR) is 110 cm³/mol. The maximum Gasteiger partial charge on any atom is 0.416 e. The van der Waals surface area contributed by atoms with E-state index in [0.717, 1.165) is 0 Å². The zero-order chi connectivity index (χ0) is 22.1. The van der Waals surface area contributed by atoms with Gasteiger partial charge in [-0.05, 0) is 35.9 Å². The topological polar surface area (TPSA) is 126 Å². The number of halogens is 5. The summed E-state index contributed by atoms with van der Waals surface area (Å²) in [5.74, 6) is -1.62. The largest absolute Gasteiger partial charge is 0.416 e. The Balaban J connectivity index is 0.00000341. The molecule has 0 saturated heterocycles. The fourth-order valence-corrected chi connectivity index (χ4v) is 2.75. The van der Waals surface area contributed by atoms with Gasteiger partial charge in [-0.25, -0.2) is 9.18 Å². The van der Waals surface area contributed by atoms with Gasteiger partial charge in [0.1, 0.15) is 11.6 Å². The normalized spacial score (nSPS) is 10.8. The molecule has 1 heterocycles. The number of nitrogens with two attached hydrogens (primary N) is 2. The highest BCUT2D eigenvalue weighted by molar-refractivity contribution is 6.04. The number of aromatic nitrogens is 1. The minimum atomic E-state index is -4.68. The van der Waals surface area contributed by atoms with E-state index in [1.165, 1.54) is 18.3 Å². The van der Waals surface area contributed by atoms with Crippen LogP contribution in [0.3, 0.4) is 0 Å². The van der Waals surface area contributed by atoms with Gasteiger partial charge in [0, 0.05) is 17.4 Å². The van der Waals surface area contributed by atoms with Crippen molar-refractivity contribution in [1.29, 1.82) is 0 Å². The molecular formula is C19H16ClF4N5O2. The Labute approximate surface area is 179 Å². The first kappa shape index (κ1) is 23.5. The average Bonchev–Trinajstić information content (AvgIpc) is 3.05. The van der Waals surface area contributed by atoms with Crippen LogP contribution in [0.4, 0.5) is 39.5 Å². The van der Waals surface area contributed by atoms with Crippen molar-refractivity contribution in [3.05, 3.63) is 65.6 Å². The predicted octanol–water partition coefficient (Wildman–Crippen LogP) is 4.59. The maximum absolute atomic E-state index is 13.7. The molecule has 0 unspecified atom stereocenters. The molecule has 1 aromatic heterocycles. The highest BCUT2D eigenvalue weighted by Crippen LogP contribution is 2.32. The number of aromatic amines is 1. The molecule has 0 aliphatic carbocycles. The molecule has 164 valence electrons. The maximum atomic E-state index is 13.7. The number of benzene rings is 2. The minimum Gasteiger partial charge on any atom is -0.385 e. The first-order valence-electron chi connectivity index (χ1n) is 8.38. The van der Waals surface area contributed by atoms with Crippen LogP contribution in [-0.2, 0) is 6.18 Å². The third kappa shape index (κ3) is 5.25. The molecule has 0 radical (unpaired) electrons. The molecule has 12 heteroatoms. The van der Waals surface area contributed by atoms with E-state index in [9.17, 15) is 27.2 Å². The molecule has 0 fully saturated rings. The lowest BCUT2D eigenvalue weighted by molar-refractivity contribution is -0.137. The van der Waals surface area contributed by atoms with Gasteiger partial charge >= 0.3 is 12.2 Å². The number of H-pyrrole nitrogens is 1. The summed E-state index contributed by atoms with van der Waals surface area (Å²) in [6.07, 6.45) is -3.18. The standard InChI is InChI=1S/C19H15F4N5O2.ClH/c20-13-6-3-10(19(21,22)23)7-14(13)28-18(30)27-11-4-1-9(2-5-11)12-8-26-16(24)15(12)17(25)29;/h1-8,26H,24H2,(H2,25,29)(H2,27,28,30);1H. The van der Waals surface area contributed by atoms with Gasteiger partial charge in [-0.2, -0.15) is 13.2 Å². The Kier molecular flexibility index (Phi) is 6.81. The van der Waals surface area contributed by atoms with Gasteiger partial charge in [0.2, 0.25) is 0 Å². The molecule has 3 amide bonds. The van der Waals surface area contributed by atoms with Crippen molar-refractivity contribution in [2.45, 2.75) is 6.18 Å². The van der Waals surface area contributed by atoms with Gasteiger partial charge in [0.15, 0.2) is 0 Å². The zero-order valence-electron chi connectivity index (χ0n) is 15.5. The molecule has 0 aliphatic rings. The Morgan fingerprint density at radius 1 is 1.00 bits per heavy atom. The molecule has 0 atom stereocenters. The number of alkyl halides is 3. The molecular weight excluding hydrogens is 442 g/mol. The summed E-state index contributed by atoms with van der Waals surface area (Å²) in [6, 6.07) is 6.84. The molecule has 2 aromatic carbocycles. The molecule has 3 rings (SSSR count). The van der Waals surface area contributed by atoms with Gasteiger partial charge in [-0.15, -0.1) is 12.4 Å². The Bertz CT molecular complexity index is 1110. The third-order valence-electron chi connectivity index (χ3n) is 4.15. The molecule has 0 saturated carbocycles. The second-order valence-corrected chi connectivity index (χ2v) is 6.20. The SMILES string of the molecule is Cl.NC(=O)c1c(-c2ccc(NC(=O)Nc3cc(C(F)(F)F)ccc3F)cc2)c[nH]c1N. The van der Waals surface area contributed by atoms with Crippen molar-refractivity contribution in [2.24, 2.45) is 5.73 Å². The molecule has 7 N–H and O–H groups in total.